The van der Waals surface area contributed by atoms with Gasteiger partial charge in [0.05, 0.1) is 10.6 Å². The predicted molar refractivity (Wildman–Crippen MR) is 115 cm³/mol. The number of hydrogen-bond acceptors (Lipinski definition) is 4. The second-order valence-electron chi connectivity index (χ2n) is 6.24. The highest BCUT2D eigenvalue weighted by Gasteiger charge is 2.22. The van der Waals surface area contributed by atoms with Gasteiger partial charge in [-0.2, -0.15) is 11.8 Å². The maximum Gasteiger partial charge on any atom is 0.253 e. The van der Waals surface area contributed by atoms with E-state index in [4.69, 9.17) is 23.2 Å². The summed E-state index contributed by atoms with van der Waals surface area (Å²) in [6, 6.07) is 4.03. The van der Waals surface area contributed by atoms with Crippen LogP contribution >= 0.6 is 35.0 Å². The van der Waals surface area contributed by atoms with Gasteiger partial charge in [-0.15, -0.1) is 0 Å². The minimum atomic E-state index is -0.623. The summed E-state index contributed by atoms with van der Waals surface area (Å²) in [4.78, 5) is 29.3. The van der Waals surface area contributed by atoms with E-state index >= 15 is 0 Å². The molecule has 2 aromatic rings. The average Bonchev–Trinajstić information content (AvgIpc) is 3.06. The van der Waals surface area contributed by atoms with Gasteiger partial charge in [-0.1, -0.05) is 23.2 Å². The lowest BCUT2D eigenvalue weighted by molar-refractivity contribution is -0.123. The van der Waals surface area contributed by atoms with Crippen LogP contribution in [0.4, 0.5) is 0 Å². The van der Waals surface area contributed by atoms with Crippen LogP contribution in [0.1, 0.15) is 29.0 Å². The first-order valence-electron chi connectivity index (χ1n) is 8.92. The van der Waals surface area contributed by atoms with E-state index in [1.807, 2.05) is 23.9 Å². The fourth-order valence-electron chi connectivity index (χ4n) is 2.64. The second kappa shape index (κ2) is 11.3. The predicted octanol–water partition coefficient (Wildman–Crippen LogP) is 3.56. The third kappa shape index (κ3) is 6.72. The molecule has 2 rings (SSSR count). The summed E-state index contributed by atoms with van der Waals surface area (Å²) in [6.45, 7) is 3.23. The lowest BCUT2D eigenvalue weighted by Gasteiger charge is -2.19. The third-order valence-corrected chi connectivity index (χ3v) is 5.40. The SMILES string of the molecule is CSCCC(NC(=O)c1ccc(Cl)cc1Cl)C(=O)NCCCn1ccnc1C. The van der Waals surface area contributed by atoms with Crippen molar-refractivity contribution in [1.82, 2.24) is 20.2 Å². The molecule has 1 aromatic heterocycles. The van der Waals surface area contributed by atoms with Crippen molar-refractivity contribution in [3.05, 3.63) is 52.0 Å². The Morgan fingerprint density at radius 3 is 2.75 bits per heavy atom. The van der Waals surface area contributed by atoms with Gasteiger partial charge in [-0.25, -0.2) is 4.98 Å². The number of nitrogens with zero attached hydrogens (tertiary/aromatic N) is 2. The van der Waals surface area contributed by atoms with Gasteiger partial charge in [-0.3, -0.25) is 9.59 Å². The number of carbonyl (C=O) groups excluding carboxylic acids is 2. The van der Waals surface area contributed by atoms with Crippen LogP contribution in [0.5, 0.6) is 0 Å². The van der Waals surface area contributed by atoms with Gasteiger partial charge in [0, 0.05) is 30.5 Å². The van der Waals surface area contributed by atoms with E-state index in [0.29, 0.717) is 23.6 Å². The number of amides is 2. The molecule has 0 saturated carbocycles. The number of rotatable bonds is 10. The molecule has 0 radical (unpaired) electrons. The summed E-state index contributed by atoms with van der Waals surface area (Å²) in [6.07, 6.45) is 6.93. The van der Waals surface area contributed by atoms with Gasteiger partial charge in [0.25, 0.3) is 5.91 Å². The maximum absolute atomic E-state index is 12.6. The number of aromatic nitrogens is 2. The van der Waals surface area contributed by atoms with Gasteiger partial charge in [0.2, 0.25) is 5.91 Å². The van der Waals surface area contributed by atoms with E-state index in [-0.39, 0.29) is 10.9 Å². The lowest BCUT2D eigenvalue weighted by atomic mass is 10.1. The normalized spacial score (nSPS) is 11.9. The van der Waals surface area contributed by atoms with E-state index in [1.165, 1.54) is 6.07 Å². The van der Waals surface area contributed by atoms with Crippen LogP contribution in [-0.2, 0) is 11.3 Å². The Hall–Kier alpha value is -1.70. The second-order valence-corrected chi connectivity index (χ2v) is 8.07. The van der Waals surface area contributed by atoms with Crippen molar-refractivity contribution in [1.29, 1.82) is 0 Å². The summed E-state index contributed by atoms with van der Waals surface area (Å²) in [5.41, 5.74) is 0.295. The molecule has 28 heavy (non-hydrogen) atoms. The summed E-state index contributed by atoms with van der Waals surface area (Å²) in [7, 11) is 0. The number of imidazole rings is 1. The molecule has 0 aliphatic rings. The van der Waals surface area contributed by atoms with Crippen molar-refractivity contribution in [3.8, 4) is 0 Å². The molecule has 2 amide bonds. The largest absolute Gasteiger partial charge is 0.354 e. The standard InChI is InChI=1S/C19H24Cl2N4O2S/c1-13-22-8-10-25(13)9-3-7-23-19(27)17(6-11-28-2)24-18(26)15-5-4-14(20)12-16(15)21/h4-5,8,10,12,17H,3,6-7,9,11H2,1-2H3,(H,23,27)(H,24,26). The van der Waals surface area contributed by atoms with E-state index in [2.05, 4.69) is 15.6 Å². The molecular weight excluding hydrogens is 419 g/mol. The van der Waals surface area contributed by atoms with Crippen molar-refractivity contribution in [3.63, 3.8) is 0 Å². The molecule has 0 aliphatic carbocycles. The van der Waals surface area contributed by atoms with Gasteiger partial charge < -0.3 is 15.2 Å². The number of halogens is 2. The van der Waals surface area contributed by atoms with Crippen LogP contribution < -0.4 is 10.6 Å². The highest BCUT2D eigenvalue weighted by atomic mass is 35.5. The smallest absolute Gasteiger partial charge is 0.253 e. The molecule has 0 bridgehead atoms. The fraction of sp³-hybridized carbons (Fsp3) is 0.421. The van der Waals surface area contributed by atoms with Crippen LogP contribution in [0.2, 0.25) is 10.0 Å². The molecular formula is C19H24Cl2N4O2S. The Balaban J connectivity index is 1.90. The van der Waals surface area contributed by atoms with E-state index in [1.54, 1.807) is 30.1 Å². The van der Waals surface area contributed by atoms with Crippen LogP contribution in [0.25, 0.3) is 0 Å². The molecule has 1 heterocycles. The van der Waals surface area contributed by atoms with Crippen molar-refractivity contribution >= 4 is 46.8 Å². The number of carbonyl (C=O) groups is 2. The fourth-order valence-corrected chi connectivity index (χ4v) is 3.60. The summed E-state index contributed by atoms with van der Waals surface area (Å²) < 4.78 is 2.03. The zero-order valence-corrected chi connectivity index (χ0v) is 18.2. The summed E-state index contributed by atoms with van der Waals surface area (Å²) >= 11 is 13.6. The van der Waals surface area contributed by atoms with E-state index in [9.17, 15) is 9.59 Å². The van der Waals surface area contributed by atoms with Gasteiger partial charge in [-0.05, 0) is 50.0 Å². The van der Waals surface area contributed by atoms with Crippen molar-refractivity contribution < 1.29 is 9.59 Å². The molecule has 0 fully saturated rings. The Kier molecular flexibility index (Phi) is 9.15. The minimum absolute atomic E-state index is 0.199. The zero-order valence-electron chi connectivity index (χ0n) is 15.9. The molecule has 0 spiro atoms. The molecule has 2 N–H and O–H groups in total. The van der Waals surface area contributed by atoms with Crippen LogP contribution in [0, 0.1) is 6.92 Å². The molecule has 1 aromatic carbocycles. The first-order valence-corrected chi connectivity index (χ1v) is 11.1. The number of thioether (sulfide) groups is 1. The van der Waals surface area contributed by atoms with Gasteiger partial charge in [0.15, 0.2) is 0 Å². The molecule has 152 valence electrons. The van der Waals surface area contributed by atoms with Gasteiger partial charge in [0.1, 0.15) is 11.9 Å². The molecule has 0 aliphatic heterocycles. The molecule has 1 unspecified atom stereocenters. The maximum atomic E-state index is 12.6. The van der Waals surface area contributed by atoms with Crippen LogP contribution in [-0.4, -0.2) is 46.0 Å². The number of benzene rings is 1. The first kappa shape index (κ1) is 22.6. The monoisotopic (exact) mass is 442 g/mol. The third-order valence-electron chi connectivity index (χ3n) is 4.21. The Bertz CT molecular complexity index is 813. The summed E-state index contributed by atoms with van der Waals surface area (Å²) in [5, 5.41) is 6.39. The van der Waals surface area contributed by atoms with Crippen molar-refractivity contribution in [2.24, 2.45) is 0 Å². The van der Waals surface area contributed by atoms with Crippen molar-refractivity contribution in [2.45, 2.75) is 32.4 Å². The van der Waals surface area contributed by atoms with E-state index in [0.717, 1.165) is 24.5 Å². The Labute approximate surface area is 179 Å². The molecule has 0 saturated heterocycles. The Morgan fingerprint density at radius 1 is 1.32 bits per heavy atom. The van der Waals surface area contributed by atoms with Gasteiger partial charge >= 0.3 is 0 Å². The van der Waals surface area contributed by atoms with E-state index < -0.39 is 11.9 Å². The quantitative estimate of drug-likeness (QED) is 0.551. The minimum Gasteiger partial charge on any atom is -0.354 e. The van der Waals surface area contributed by atoms with Crippen LogP contribution in [0.3, 0.4) is 0 Å². The summed E-state index contributed by atoms with van der Waals surface area (Å²) in [5.74, 6) is 1.10. The number of hydrogen-bond donors (Lipinski definition) is 2. The highest BCUT2D eigenvalue weighted by molar-refractivity contribution is 7.98. The first-order chi connectivity index (χ1) is 13.4. The number of aryl methyl sites for hydroxylation is 2. The van der Waals surface area contributed by atoms with Crippen LogP contribution in [0.15, 0.2) is 30.6 Å². The molecule has 9 heteroatoms. The average molecular weight is 443 g/mol. The Morgan fingerprint density at radius 2 is 2.11 bits per heavy atom. The zero-order chi connectivity index (χ0) is 20.5. The topological polar surface area (TPSA) is 76.0 Å². The molecule has 1 atom stereocenters. The highest BCUT2D eigenvalue weighted by Crippen LogP contribution is 2.21. The van der Waals surface area contributed by atoms with Crippen molar-refractivity contribution in [2.75, 3.05) is 18.6 Å². The lowest BCUT2D eigenvalue weighted by Crippen LogP contribution is -2.47. The number of nitrogens with one attached hydrogen (secondary N) is 2. The molecule has 6 nitrogen and oxygen atoms in total.